The van der Waals surface area contributed by atoms with Crippen LogP contribution in [0.15, 0.2) is 12.2 Å². The first-order valence-electron chi connectivity index (χ1n) is 6.62. The van der Waals surface area contributed by atoms with Gasteiger partial charge in [-0.2, -0.15) is 0 Å². The molecular formula is C14H18O4. The number of ether oxygens (including phenoxy) is 1. The average Bonchev–Trinajstić information content (AvgIpc) is 3.07. The number of carbonyl (C=O) groups is 2. The van der Waals surface area contributed by atoms with E-state index >= 15 is 0 Å². The third-order valence-electron chi connectivity index (χ3n) is 4.56. The van der Waals surface area contributed by atoms with Crippen LogP contribution in [0, 0.1) is 35.5 Å². The molecule has 4 aliphatic rings. The molecule has 4 rings (SSSR count). The second-order valence-corrected chi connectivity index (χ2v) is 5.98. The average molecular weight is 250 g/mol. The summed E-state index contributed by atoms with van der Waals surface area (Å²) in [5.41, 5.74) is 0. The highest BCUT2D eigenvalue weighted by atomic mass is 16.5. The van der Waals surface area contributed by atoms with Gasteiger partial charge in [-0.05, 0) is 43.9 Å². The second kappa shape index (κ2) is 3.84. The highest BCUT2D eigenvalue weighted by Gasteiger charge is 2.63. The zero-order chi connectivity index (χ0) is 13.0. The molecule has 4 nitrogen and oxygen atoms in total. The van der Waals surface area contributed by atoms with Gasteiger partial charge in [0.1, 0.15) is 0 Å². The Hall–Kier alpha value is -1.32. The van der Waals surface area contributed by atoms with Crippen molar-refractivity contribution < 1.29 is 19.4 Å². The molecule has 18 heavy (non-hydrogen) atoms. The number of hydrogen-bond acceptors (Lipinski definition) is 3. The molecule has 4 aliphatic carbocycles. The van der Waals surface area contributed by atoms with E-state index in [1.165, 1.54) is 0 Å². The molecule has 2 fully saturated rings. The maximum absolute atomic E-state index is 12.2. The van der Waals surface area contributed by atoms with Gasteiger partial charge in [0.2, 0.25) is 0 Å². The van der Waals surface area contributed by atoms with Gasteiger partial charge in [0.25, 0.3) is 0 Å². The molecule has 0 spiro atoms. The first kappa shape index (κ1) is 11.8. The van der Waals surface area contributed by atoms with Crippen LogP contribution in [0.2, 0.25) is 0 Å². The minimum Gasteiger partial charge on any atom is -0.481 e. The Morgan fingerprint density at radius 1 is 1.17 bits per heavy atom. The van der Waals surface area contributed by atoms with Crippen molar-refractivity contribution in [3.05, 3.63) is 12.2 Å². The highest BCUT2D eigenvalue weighted by Crippen LogP contribution is 2.63. The lowest BCUT2D eigenvalue weighted by Crippen LogP contribution is -2.47. The van der Waals surface area contributed by atoms with E-state index in [-0.39, 0.29) is 23.9 Å². The van der Waals surface area contributed by atoms with E-state index < -0.39 is 17.8 Å². The zero-order valence-corrected chi connectivity index (χ0v) is 10.6. The van der Waals surface area contributed by atoms with Gasteiger partial charge in [0, 0.05) is 0 Å². The van der Waals surface area contributed by atoms with Crippen LogP contribution in [0.25, 0.3) is 0 Å². The van der Waals surface area contributed by atoms with E-state index in [1.54, 1.807) is 13.8 Å². The molecule has 0 amide bonds. The van der Waals surface area contributed by atoms with Crippen molar-refractivity contribution in [2.45, 2.75) is 26.4 Å². The van der Waals surface area contributed by atoms with Crippen molar-refractivity contribution in [2.24, 2.45) is 35.5 Å². The van der Waals surface area contributed by atoms with Crippen molar-refractivity contribution >= 4 is 11.9 Å². The number of esters is 1. The van der Waals surface area contributed by atoms with Gasteiger partial charge < -0.3 is 9.84 Å². The summed E-state index contributed by atoms with van der Waals surface area (Å²) in [5, 5.41) is 9.41. The molecule has 6 atom stereocenters. The number of rotatable bonds is 3. The van der Waals surface area contributed by atoms with Crippen LogP contribution in [0.4, 0.5) is 0 Å². The Morgan fingerprint density at radius 2 is 1.72 bits per heavy atom. The molecule has 98 valence electrons. The number of hydrogen-bond donors (Lipinski definition) is 1. The molecule has 4 heteroatoms. The Bertz CT molecular complexity index is 426. The quantitative estimate of drug-likeness (QED) is 0.611. The van der Waals surface area contributed by atoms with Gasteiger partial charge in [-0.1, -0.05) is 12.2 Å². The standard InChI is InChI=1S/C14H18O4/c1-6(2)18-14(17)12-8-4-3-7(9-5-10(8)9)11(12)13(15)16/h3-4,6-12H,5H2,1-2H3,(H,15,16)/t7-,8-,9-,10-,11+,12+/m1/s1. The van der Waals surface area contributed by atoms with Gasteiger partial charge in [-0.3, -0.25) is 9.59 Å². The van der Waals surface area contributed by atoms with Crippen LogP contribution in [0.3, 0.4) is 0 Å². The first-order chi connectivity index (χ1) is 8.50. The Balaban J connectivity index is 1.89. The smallest absolute Gasteiger partial charge is 0.310 e. The van der Waals surface area contributed by atoms with Gasteiger partial charge in [-0.15, -0.1) is 0 Å². The SMILES string of the molecule is CC(C)OC(=O)[C@H]1[C@@H]2C=C[C@H]([C@H]3C[C@H]23)[C@@H]1C(=O)O. The third-order valence-corrected chi connectivity index (χ3v) is 4.56. The topological polar surface area (TPSA) is 63.6 Å². The monoisotopic (exact) mass is 250 g/mol. The van der Waals surface area contributed by atoms with Crippen LogP contribution in [0.1, 0.15) is 20.3 Å². The summed E-state index contributed by atoms with van der Waals surface area (Å²) in [5.74, 6) is -1.15. The van der Waals surface area contributed by atoms with E-state index in [0.717, 1.165) is 6.42 Å². The number of carboxylic acid groups (broad SMARTS) is 1. The second-order valence-electron chi connectivity index (χ2n) is 5.98. The molecular weight excluding hydrogens is 232 g/mol. The number of aliphatic carboxylic acids is 1. The fourth-order valence-electron chi connectivity index (χ4n) is 3.85. The zero-order valence-electron chi connectivity index (χ0n) is 10.6. The highest BCUT2D eigenvalue weighted by molar-refractivity contribution is 5.83. The predicted octanol–water partition coefficient (Wildman–Crippen LogP) is 1.71. The van der Waals surface area contributed by atoms with Crippen LogP contribution >= 0.6 is 0 Å². The first-order valence-corrected chi connectivity index (χ1v) is 6.62. The molecule has 2 bridgehead atoms. The predicted molar refractivity (Wildman–Crippen MR) is 63.6 cm³/mol. The minimum absolute atomic E-state index is 0.0298. The van der Waals surface area contributed by atoms with E-state index in [2.05, 4.69) is 0 Å². The lowest BCUT2D eigenvalue weighted by molar-refractivity contribution is -0.167. The van der Waals surface area contributed by atoms with Crippen LogP contribution < -0.4 is 0 Å². The molecule has 2 saturated carbocycles. The summed E-state index contributed by atoms with van der Waals surface area (Å²) in [7, 11) is 0. The maximum Gasteiger partial charge on any atom is 0.310 e. The molecule has 0 unspecified atom stereocenters. The summed E-state index contributed by atoms with van der Waals surface area (Å²) >= 11 is 0. The van der Waals surface area contributed by atoms with Crippen LogP contribution in [-0.4, -0.2) is 23.1 Å². The largest absolute Gasteiger partial charge is 0.481 e. The van der Waals surface area contributed by atoms with Crippen molar-refractivity contribution in [2.75, 3.05) is 0 Å². The third kappa shape index (κ3) is 1.58. The lowest BCUT2D eigenvalue weighted by Gasteiger charge is -2.41. The van der Waals surface area contributed by atoms with Gasteiger partial charge in [-0.25, -0.2) is 0 Å². The Kier molecular flexibility index (Phi) is 2.50. The van der Waals surface area contributed by atoms with Crippen LogP contribution in [-0.2, 0) is 14.3 Å². The Morgan fingerprint density at radius 3 is 2.22 bits per heavy atom. The van der Waals surface area contributed by atoms with E-state index in [4.69, 9.17) is 4.74 Å². The fourth-order valence-corrected chi connectivity index (χ4v) is 3.85. The summed E-state index contributed by atoms with van der Waals surface area (Å²) in [6, 6.07) is 0. The summed E-state index contributed by atoms with van der Waals surface area (Å²) in [4.78, 5) is 23.6. The van der Waals surface area contributed by atoms with Crippen molar-refractivity contribution in [3.8, 4) is 0 Å². The summed E-state index contributed by atoms with van der Waals surface area (Å²) in [6.07, 6.45) is 4.94. The summed E-state index contributed by atoms with van der Waals surface area (Å²) < 4.78 is 5.25. The van der Waals surface area contributed by atoms with Gasteiger partial charge >= 0.3 is 11.9 Å². The molecule has 0 aliphatic heterocycles. The number of carboxylic acids is 1. The number of allylic oxidation sites excluding steroid dienone is 2. The summed E-state index contributed by atoms with van der Waals surface area (Å²) in [6.45, 7) is 3.59. The normalized spacial score (nSPS) is 43.7. The van der Waals surface area contributed by atoms with Gasteiger partial charge in [0.15, 0.2) is 0 Å². The van der Waals surface area contributed by atoms with Crippen molar-refractivity contribution in [1.82, 2.24) is 0 Å². The molecule has 0 saturated heterocycles. The molecule has 0 aromatic carbocycles. The van der Waals surface area contributed by atoms with Crippen molar-refractivity contribution in [3.63, 3.8) is 0 Å². The van der Waals surface area contributed by atoms with Gasteiger partial charge in [0.05, 0.1) is 17.9 Å². The minimum atomic E-state index is -0.856. The lowest BCUT2D eigenvalue weighted by atomic mass is 9.62. The van der Waals surface area contributed by atoms with Crippen LogP contribution in [0.5, 0.6) is 0 Å². The number of fused-ring (bicyclic) bond motifs is 1. The fraction of sp³-hybridized carbons (Fsp3) is 0.714. The van der Waals surface area contributed by atoms with Crippen molar-refractivity contribution in [1.29, 1.82) is 0 Å². The molecule has 1 N–H and O–H groups in total. The number of carbonyl (C=O) groups excluding carboxylic acids is 1. The van der Waals surface area contributed by atoms with E-state index in [1.807, 2.05) is 12.2 Å². The molecule has 0 heterocycles. The molecule has 0 aromatic rings. The molecule has 0 radical (unpaired) electrons. The van der Waals surface area contributed by atoms with E-state index in [9.17, 15) is 14.7 Å². The molecule has 0 aromatic heterocycles. The van der Waals surface area contributed by atoms with E-state index in [0.29, 0.717) is 11.8 Å². The maximum atomic E-state index is 12.2. The Labute approximate surface area is 106 Å².